The summed E-state index contributed by atoms with van der Waals surface area (Å²) in [4.78, 5) is 4.35. The highest BCUT2D eigenvalue weighted by Crippen LogP contribution is 2.35. The highest BCUT2D eigenvalue weighted by atomic mass is 14.9. The van der Waals surface area contributed by atoms with Crippen LogP contribution < -0.4 is 4.57 Å². The van der Waals surface area contributed by atoms with E-state index < -0.39 is 0 Å². The van der Waals surface area contributed by atoms with Crippen molar-refractivity contribution < 1.29 is 4.57 Å². The van der Waals surface area contributed by atoms with E-state index in [0.717, 1.165) is 5.92 Å². The second-order valence-corrected chi connectivity index (χ2v) is 7.15. The van der Waals surface area contributed by atoms with Gasteiger partial charge in [0.2, 0.25) is 5.69 Å². The van der Waals surface area contributed by atoms with E-state index in [1.807, 2.05) is 12.4 Å². The van der Waals surface area contributed by atoms with Gasteiger partial charge in [0.05, 0.1) is 10.9 Å². The van der Waals surface area contributed by atoms with E-state index in [9.17, 15) is 0 Å². The molecule has 0 N–H and O–H groups in total. The first-order valence-corrected chi connectivity index (χ1v) is 9.07. The Morgan fingerprint density at radius 1 is 1.04 bits per heavy atom. The van der Waals surface area contributed by atoms with Gasteiger partial charge >= 0.3 is 0 Å². The van der Waals surface area contributed by atoms with Crippen LogP contribution in [0.5, 0.6) is 0 Å². The SMILES string of the molecule is Cc1ccncc1-c1c2ccc(C3CCCCC3)cc2cc[n+]1C. The number of benzene rings is 1. The zero-order valence-corrected chi connectivity index (χ0v) is 14.6. The minimum absolute atomic E-state index is 0.751. The molecule has 1 aliphatic rings. The quantitative estimate of drug-likeness (QED) is 0.602. The van der Waals surface area contributed by atoms with Gasteiger partial charge in [0.1, 0.15) is 7.05 Å². The van der Waals surface area contributed by atoms with Gasteiger partial charge in [0.25, 0.3) is 0 Å². The van der Waals surface area contributed by atoms with Gasteiger partial charge in [-0.25, -0.2) is 4.57 Å². The van der Waals surface area contributed by atoms with Gasteiger partial charge in [-0.2, -0.15) is 0 Å². The first kappa shape index (κ1) is 15.3. The minimum Gasteiger partial charge on any atom is -0.264 e. The Hall–Kier alpha value is -2.22. The van der Waals surface area contributed by atoms with Crippen LogP contribution >= 0.6 is 0 Å². The second kappa shape index (κ2) is 6.35. The molecule has 1 saturated carbocycles. The predicted octanol–water partition coefficient (Wildman–Crippen LogP) is 5.08. The van der Waals surface area contributed by atoms with Crippen molar-refractivity contribution in [1.29, 1.82) is 0 Å². The van der Waals surface area contributed by atoms with E-state index in [1.165, 1.54) is 65.3 Å². The molecule has 0 amide bonds. The van der Waals surface area contributed by atoms with E-state index >= 15 is 0 Å². The van der Waals surface area contributed by atoms with E-state index in [4.69, 9.17) is 0 Å². The molecule has 3 aromatic rings. The summed E-state index contributed by atoms with van der Waals surface area (Å²) < 4.78 is 2.21. The zero-order valence-electron chi connectivity index (χ0n) is 14.6. The molecule has 4 rings (SSSR count). The number of hydrogen-bond acceptors (Lipinski definition) is 1. The lowest BCUT2D eigenvalue weighted by atomic mass is 9.83. The number of fused-ring (bicyclic) bond motifs is 1. The van der Waals surface area contributed by atoms with Crippen LogP contribution in [0.1, 0.15) is 49.1 Å². The molecular weight excluding hydrogens is 292 g/mol. The predicted molar refractivity (Wildman–Crippen MR) is 98.9 cm³/mol. The zero-order chi connectivity index (χ0) is 16.5. The van der Waals surface area contributed by atoms with E-state index in [2.05, 4.69) is 60.1 Å². The summed E-state index contributed by atoms with van der Waals surface area (Å²) in [5.41, 5.74) is 5.26. The topological polar surface area (TPSA) is 16.8 Å². The first-order chi connectivity index (χ1) is 11.7. The monoisotopic (exact) mass is 317 g/mol. The van der Waals surface area contributed by atoms with Crippen LogP contribution in [0.15, 0.2) is 48.9 Å². The Bertz CT molecular complexity index is 876. The van der Waals surface area contributed by atoms with Crippen LogP contribution in [0, 0.1) is 6.92 Å². The van der Waals surface area contributed by atoms with Gasteiger partial charge in [-0.1, -0.05) is 31.4 Å². The lowest BCUT2D eigenvalue weighted by molar-refractivity contribution is -0.659. The molecule has 1 fully saturated rings. The number of nitrogens with zero attached hydrogens (tertiary/aromatic N) is 2. The van der Waals surface area contributed by atoms with E-state index in [-0.39, 0.29) is 0 Å². The largest absolute Gasteiger partial charge is 0.264 e. The van der Waals surface area contributed by atoms with Crippen LogP contribution in [-0.4, -0.2) is 4.98 Å². The molecule has 0 unspecified atom stereocenters. The molecule has 0 radical (unpaired) electrons. The molecule has 0 spiro atoms. The number of pyridine rings is 2. The lowest BCUT2D eigenvalue weighted by Gasteiger charge is -2.22. The van der Waals surface area contributed by atoms with Crippen LogP contribution in [0.4, 0.5) is 0 Å². The summed E-state index contributed by atoms with van der Waals surface area (Å²) in [5, 5.41) is 2.66. The maximum absolute atomic E-state index is 4.35. The fourth-order valence-corrected chi connectivity index (χ4v) is 4.13. The van der Waals surface area contributed by atoms with Crippen molar-refractivity contribution in [3.8, 4) is 11.3 Å². The Labute approximate surface area is 144 Å². The molecule has 0 saturated heterocycles. The van der Waals surface area contributed by atoms with Gasteiger partial charge < -0.3 is 0 Å². The third-order valence-electron chi connectivity index (χ3n) is 5.53. The molecule has 0 bridgehead atoms. The third-order valence-corrected chi connectivity index (χ3v) is 5.53. The van der Waals surface area contributed by atoms with Gasteiger partial charge in [-0.05, 0) is 54.3 Å². The molecule has 24 heavy (non-hydrogen) atoms. The van der Waals surface area contributed by atoms with Crippen LogP contribution in [0.3, 0.4) is 0 Å². The highest BCUT2D eigenvalue weighted by Gasteiger charge is 2.20. The Morgan fingerprint density at radius 3 is 2.67 bits per heavy atom. The molecule has 0 atom stereocenters. The van der Waals surface area contributed by atoms with Gasteiger partial charge in [0.15, 0.2) is 6.20 Å². The molecule has 1 aliphatic carbocycles. The normalized spacial score (nSPS) is 15.8. The smallest absolute Gasteiger partial charge is 0.221 e. The molecule has 2 heteroatoms. The average molecular weight is 317 g/mol. The van der Waals surface area contributed by atoms with Crippen molar-refractivity contribution in [1.82, 2.24) is 4.98 Å². The molecule has 2 heterocycles. The van der Waals surface area contributed by atoms with E-state index in [0.29, 0.717) is 0 Å². The first-order valence-electron chi connectivity index (χ1n) is 9.07. The third kappa shape index (κ3) is 2.71. The number of aryl methyl sites for hydroxylation is 2. The fourth-order valence-electron chi connectivity index (χ4n) is 4.13. The fraction of sp³-hybridized carbons (Fsp3) is 0.364. The number of rotatable bonds is 2. The summed E-state index contributed by atoms with van der Waals surface area (Å²) in [6.07, 6.45) is 12.9. The standard InChI is InChI=1S/C22H25N2/c1-16-10-12-23-15-21(16)22-20-9-8-18(17-6-4-3-5-7-17)14-19(20)11-13-24(22)2/h8-15,17H,3-7H2,1-2H3/q+1. The number of aromatic nitrogens is 2. The van der Waals surface area contributed by atoms with E-state index in [1.54, 1.807) is 0 Å². The molecule has 122 valence electrons. The van der Waals surface area contributed by atoms with Crippen LogP contribution in [-0.2, 0) is 7.05 Å². The van der Waals surface area contributed by atoms with Gasteiger partial charge in [0, 0.05) is 18.5 Å². The van der Waals surface area contributed by atoms with Crippen molar-refractivity contribution in [3.05, 3.63) is 60.0 Å². The van der Waals surface area contributed by atoms with Crippen molar-refractivity contribution in [2.24, 2.45) is 7.05 Å². The molecule has 0 aliphatic heterocycles. The lowest BCUT2D eigenvalue weighted by Crippen LogP contribution is -2.30. The molecule has 2 aromatic heterocycles. The molecular formula is C22H25N2+. The Balaban J connectivity index is 1.86. The highest BCUT2D eigenvalue weighted by molar-refractivity contribution is 5.93. The van der Waals surface area contributed by atoms with Crippen molar-refractivity contribution in [2.75, 3.05) is 0 Å². The molecule has 1 aromatic carbocycles. The van der Waals surface area contributed by atoms with Crippen LogP contribution in [0.2, 0.25) is 0 Å². The maximum atomic E-state index is 4.35. The summed E-state index contributed by atoms with van der Waals surface area (Å²) >= 11 is 0. The van der Waals surface area contributed by atoms with Crippen molar-refractivity contribution in [3.63, 3.8) is 0 Å². The minimum atomic E-state index is 0.751. The Morgan fingerprint density at radius 2 is 1.88 bits per heavy atom. The second-order valence-electron chi connectivity index (χ2n) is 7.15. The van der Waals surface area contributed by atoms with Gasteiger partial charge in [-0.3, -0.25) is 4.98 Å². The van der Waals surface area contributed by atoms with Crippen molar-refractivity contribution in [2.45, 2.75) is 44.9 Å². The average Bonchev–Trinajstić information content (AvgIpc) is 2.63. The maximum Gasteiger partial charge on any atom is 0.221 e. The summed E-state index contributed by atoms with van der Waals surface area (Å²) in [7, 11) is 2.12. The summed E-state index contributed by atoms with van der Waals surface area (Å²) in [6, 6.07) is 11.4. The summed E-state index contributed by atoms with van der Waals surface area (Å²) in [6.45, 7) is 2.16. The van der Waals surface area contributed by atoms with Gasteiger partial charge in [-0.15, -0.1) is 0 Å². The summed E-state index contributed by atoms with van der Waals surface area (Å²) in [5.74, 6) is 0.751. The molecule has 2 nitrogen and oxygen atoms in total. The number of hydrogen-bond donors (Lipinski definition) is 0. The Kier molecular flexibility index (Phi) is 4.05. The van der Waals surface area contributed by atoms with Crippen molar-refractivity contribution >= 4 is 10.8 Å². The van der Waals surface area contributed by atoms with Crippen LogP contribution in [0.25, 0.3) is 22.0 Å².